The van der Waals surface area contributed by atoms with Crippen LogP contribution in [-0.4, -0.2) is 53.5 Å². The van der Waals surface area contributed by atoms with Gasteiger partial charge in [-0.15, -0.1) is 0 Å². The highest BCUT2D eigenvalue weighted by atomic mass is 32.2. The Morgan fingerprint density at radius 1 is 1.57 bits per heavy atom. The number of nitrogens with zero attached hydrogens (tertiary/aromatic N) is 2. The molecule has 1 N–H and O–H groups in total. The molecule has 1 aliphatic heterocycles. The van der Waals surface area contributed by atoms with Crippen molar-refractivity contribution in [3.63, 3.8) is 0 Å². The zero-order chi connectivity index (χ0) is 15.6. The fourth-order valence-electron chi connectivity index (χ4n) is 2.62. The SMILES string of the molecule is CC(c1cncc(F)c1)N(CC(=O)O)C1CCS(=O)(=O)C1. The van der Waals surface area contributed by atoms with Crippen LogP contribution in [0.4, 0.5) is 4.39 Å². The molecule has 2 rings (SSSR count). The molecule has 2 unspecified atom stereocenters. The average molecular weight is 316 g/mol. The van der Waals surface area contributed by atoms with Crippen molar-refractivity contribution in [2.75, 3.05) is 18.1 Å². The minimum absolute atomic E-state index is 0.0574. The number of carboxylic acids is 1. The van der Waals surface area contributed by atoms with Crippen LogP contribution in [0.15, 0.2) is 18.5 Å². The van der Waals surface area contributed by atoms with Gasteiger partial charge >= 0.3 is 5.97 Å². The van der Waals surface area contributed by atoms with Gasteiger partial charge in [0.05, 0.1) is 24.2 Å². The molecule has 0 spiro atoms. The van der Waals surface area contributed by atoms with Crippen molar-refractivity contribution < 1.29 is 22.7 Å². The van der Waals surface area contributed by atoms with Crippen LogP contribution in [0.1, 0.15) is 24.9 Å². The van der Waals surface area contributed by atoms with Crippen molar-refractivity contribution in [3.05, 3.63) is 29.8 Å². The van der Waals surface area contributed by atoms with Crippen molar-refractivity contribution in [3.8, 4) is 0 Å². The normalized spacial score (nSPS) is 22.3. The molecule has 2 heterocycles. The van der Waals surface area contributed by atoms with Crippen molar-refractivity contribution in [1.82, 2.24) is 9.88 Å². The third-order valence-electron chi connectivity index (χ3n) is 3.70. The van der Waals surface area contributed by atoms with Crippen LogP contribution in [0.2, 0.25) is 0 Å². The first kappa shape index (κ1) is 15.8. The lowest BCUT2D eigenvalue weighted by Crippen LogP contribution is -2.41. The Hall–Kier alpha value is -1.54. The molecule has 8 heteroatoms. The fourth-order valence-corrected chi connectivity index (χ4v) is 4.37. The van der Waals surface area contributed by atoms with Crippen LogP contribution in [-0.2, 0) is 14.6 Å². The Labute approximate surface area is 122 Å². The number of pyridine rings is 1. The number of carboxylic acid groups (broad SMARTS) is 1. The van der Waals surface area contributed by atoms with Crippen LogP contribution in [0, 0.1) is 5.82 Å². The maximum atomic E-state index is 13.3. The summed E-state index contributed by atoms with van der Waals surface area (Å²) in [5.41, 5.74) is 0.528. The summed E-state index contributed by atoms with van der Waals surface area (Å²) < 4.78 is 36.5. The predicted molar refractivity (Wildman–Crippen MR) is 74.0 cm³/mol. The van der Waals surface area contributed by atoms with E-state index in [1.165, 1.54) is 12.3 Å². The minimum atomic E-state index is -3.12. The highest BCUT2D eigenvalue weighted by Gasteiger charge is 2.35. The number of aliphatic carboxylic acids is 1. The Balaban J connectivity index is 2.25. The molecule has 0 amide bonds. The molecule has 1 aromatic rings. The van der Waals surface area contributed by atoms with E-state index in [1.54, 1.807) is 11.8 Å². The lowest BCUT2D eigenvalue weighted by atomic mass is 10.1. The molecular weight excluding hydrogens is 299 g/mol. The number of hydrogen-bond acceptors (Lipinski definition) is 5. The fraction of sp³-hybridized carbons (Fsp3) is 0.538. The lowest BCUT2D eigenvalue weighted by molar-refractivity contribution is -0.139. The van der Waals surface area contributed by atoms with Crippen molar-refractivity contribution >= 4 is 15.8 Å². The Morgan fingerprint density at radius 2 is 2.29 bits per heavy atom. The molecular formula is C13H17FN2O4S. The first-order valence-corrected chi connectivity index (χ1v) is 8.39. The minimum Gasteiger partial charge on any atom is -0.480 e. The number of hydrogen-bond donors (Lipinski definition) is 1. The van der Waals surface area contributed by atoms with Gasteiger partial charge in [0.1, 0.15) is 5.82 Å². The zero-order valence-corrected chi connectivity index (χ0v) is 12.4. The number of sulfone groups is 1. The molecule has 21 heavy (non-hydrogen) atoms. The molecule has 1 fully saturated rings. The Bertz CT molecular complexity index is 635. The molecule has 2 atom stereocenters. The summed E-state index contributed by atoms with van der Waals surface area (Å²) in [7, 11) is -3.12. The van der Waals surface area contributed by atoms with Gasteiger partial charge in [-0.25, -0.2) is 12.8 Å². The monoisotopic (exact) mass is 316 g/mol. The summed E-state index contributed by atoms with van der Waals surface area (Å²) in [6.45, 7) is 1.43. The summed E-state index contributed by atoms with van der Waals surface area (Å²) in [6.07, 6.45) is 2.92. The Kier molecular flexibility index (Phi) is 4.58. The van der Waals surface area contributed by atoms with E-state index in [0.29, 0.717) is 12.0 Å². The number of rotatable bonds is 5. The molecule has 0 bridgehead atoms. The summed E-state index contributed by atoms with van der Waals surface area (Å²) in [4.78, 5) is 16.4. The molecule has 0 aromatic carbocycles. The molecule has 0 saturated carbocycles. The van der Waals surface area contributed by atoms with Gasteiger partial charge in [-0.2, -0.15) is 0 Å². The van der Waals surface area contributed by atoms with E-state index in [9.17, 15) is 17.6 Å². The van der Waals surface area contributed by atoms with E-state index < -0.39 is 27.7 Å². The van der Waals surface area contributed by atoms with Crippen LogP contribution in [0.25, 0.3) is 0 Å². The third kappa shape index (κ3) is 3.98. The number of carbonyl (C=O) groups is 1. The predicted octanol–water partition coefficient (Wildman–Crippen LogP) is 0.855. The van der Waals surface area contributed by atoms with Crippen LogP contribution >= 0.6 is 0 Å². The Morgan fingerprint density at radius 3 is 2.81 bits per heavy atom. The summed E-state index contributed by atoms with van der Waals surface area (Å²) in [5.74, 6) is -1.56. The van der Waals surface area contributed by atoms with E-state index in [0.717, 1.165) is 6.20 Å². The zero-order valence-electron chi connectivity index (χ0n) is 11.6. The maximum absolute atomic E-state index is 13.3. The standard InChI is InChI=1S/C13H17FN2O4S/c1-9(10-4-11(14)6-15-5-10)16(7-13(17)18)12-2-3-21(19,20)8-12/h4-6,9,12H,2-3,7-8H2,1H3,(H,17,18). The van der Waals surface area contributed by atoms with Gasteiger partial charge in [-0.05, 0) is 25.0 Å². The molecule has 116 valence electrons. The van der Waals surface area contributed by atoms with Gasteiger partial charge < -0.3 is 5.11 Å². The quantitative estimate of drug-likeness (QED) is 0.867. The third-order valence-corrected chi connectivity index (χ3v) is 5.45. The molecule has 1 aromatic heterocycles. The van der Waals surface area contributed by atoms with Crippen molar-refractivity contribution in [2.24, 2.45) is 0 Å². The van der Waals surface area contributed by atoms with E-state index >= 15 is 0 Å². The lowest BCUT2D eigenvalue weighted by Gasteiger charge is -2.32. The maximum Gasteiger partial charge on any atom is 0.317 e. The van der Waals surface area contributed by atoms with E-state index in [4.69, 9.17) is 5.11 Å². The summed E-state index contributed by atoms with van der Waals surface area (Å²) >= 11 is 0. The van der Waals surface area contributed by atoms with Crippen molar-refractivity contribution in [1.29, 1.82) is 0 Å². The van der Waals surface area contributed by atoms with E-state index in [2.05, 4.69) is 4.98 Å². The first-order valence-electron chi connectivity index (χ1n) is 6.57. The van der Waals surface area contributed by atoms with Gasteiger partial charge in [-0.3, -0.25) is 14.7 Å². The van der Waals surface area contributed by atoms with Gasteiger partial charge in [0, 0.05) is 18.3 Å². The molecule has 0 radical (unpaired) electrons. The molecule has 0 aliphatic carbocycles. The molecule has 1 saturated heterocycles. The smallest absolute Gasteiger partial charge is 0.317 e. The number of aromatic nitrogens is 1. The van der Waals surface area contributed by atoms with Crippen LogP contribution < -0.4 is 0 Å². The number of halogens is 1. The second kappa shape index (κ2) is 6.07. The summed E-state index contributed by atoms with van der Waals surface area (Å²) in [5, 5.41) is 9.04. The highest BCUT2D eigenvalue weighted by molar-refractivity contribution is 7.91. The second-order valence-electron chi connectivity index (χ2n) is 5.24. The van der Waals surface area contributed by atoms with Gasteiger partial charge in [0.2, 0.25) is 0 Å². The van der Waals surface area contributed by atoms with Crippen LogP contribution in [0.5, 0.6) is 0 Å². The highest BCUT2D eigenvalue weighted by Crippen LogP contribution is 2.27. The van der Waals surface area contributed by atoms with Gasteiger partial charge in [0.25, 0.3) is 0 Å². The average Bonchev–Trinajstić information content (AvgIpc) is 2.75. The largest absolute Gasteiger partial charge is 0.480 e. The van der Waals surface area contributed by atoms with Gasteiger partial charge in [0.15, 0.2) is 9.84 Å². The van der Waals surface area contributed by atoms with E-state index in [-0.39, 0.29) is 24.1 Å². The van der Waals surface area contributed by atoms with Crippen LogP contribution in [0.3, 0.4) is 0 Å². The van der Waals surface area contributed by atoms with Gasteiger partial charge in [-0.1, -0.05) is 0 Å². The second-order valence-corrected chi connectivity index (χ2v) is 7.46. The van der Waals surface area contributed by atoms with Crippen molar-refractivity contribution in [2.45, 2.75) is 25.4 Å². The molecule has 6 nitrogen and oxygen atoms in total. The summed E-state index contributed by atoms with van der Waals surface area (Å²) in [6, 6.07) is 0.489. The molecule has 1 aliphatic rings. The van der Waals surface area contributed by atoms with E-state index in [1.807, 2.05) is 0 Å². The first-order chi connectivity index (χ1) is 9.78. The topological polar surface area (TPSA) is 87.6 Å².